The first kappa shape index (κ1) is 13.4. The average molecular weight is 278 g/mol. The number of rotatable bonds is 4. The fraction of sp³-hybridized carbons (Fsp3) is 0.143. The van der Waals surface area contributed by atoms with Crippen LogP contribution >= 0.6 is 11.6 Å². The van der Waals surface area contributed by atoms with Gasteiger partial charge in [-0.15, -0.1) is 0 Å². The number of nitrogens with zero attached hydrogens (tertiary/aromatic N) is 1. The molecule has 0 unspecified atom stereocenters. The van der Waals surface area contributed by atoms with Crippen LogP contribution < -0.4 is 4.74 Å². The van der Waals surface area contributed by atoms with Gasteiger partial charge in [0.25, 0.3) is 0 Å². The van der Waals surface area contributed by atoms with Crippen molar-refractivity contribution in [3.05, 3.63) is 58.4 Å². The highest BCUT2D eigenvalue weighted by atomic mass is 35.5. The first-order chi connectivity index (χ1) is 9.06. The molecule has 0 bridgehead atoms. The minimum Gasteiger partial charge on any atom is -0.487 e. The zero-order valence-electron chi connectivity index (χ0n) is 10.3. The summed E-state index contributed by atoms with van der Waals surface area (Å²) >= 11 is 5.92. The third-order valence-electron chi connectivity index (χ3n) is 2.54. The topological polar surface area (TPSA) is 59.4 Å². The molecule has 0 saturated heterocycles. The lowest BCUT2D eigenvalue weighted by atomic mass is 10.2. The van der Waals surface area contributed by atoms with Gasteiger partial charge in [-0.2, -0.15) is 0 Å². The summed E-state index contributed by atoms with van der Waals surface area (Å²) in [5.74, 6) is -0.381. The number of carboxylic acid groups (broad SMARTS) is 1. The molecule has 0 spiro atoms. The number of benzene rings is 1. The quantitative estimate of drug-likeness (QED) is 0.931. The fourth-order valence-electron chi connectivity index (χ4n) is 1.54. The SMILES string of the molecule is Cc1cc(OCc2cccc(C(=O)O)n2)ccc1Cl. The van der Waals surface area contributed by atoms with E-state index in [2.05, 4.69) is 4.98 Å². The molecule has 0 aliphatic heterocycles. The van der Waals surface area contributed by atoms with E-state index in [1.165, 1.54) is 6.07 Å². The van der Waals surface area contributed by atoms with Crippen LogP contribution in [0, 0.1) is 6.92 Å². The van der Waals surface area contributed by atoms with Crippen molar-refractivity contribution < 1.29 is 14.6 Å². The molecule has 4 nitrogen and oxygen atoms in total. The molecule has 2 aromatic rings. The van der Waals surface area contributed by atoms with Gasteiger partial charge in [0.05, 0.1) is 5.69 Å². The third kappa shape index (κ3) is 3.45. The Kier molecular flexibility index (Phi) is 4.02. The summed E-state index contributed by atoms with van der Waals surface area (Å²) in [6.07, 6.45) is 0. The number of carbonyl (C=O) groups is 1. The number of carboxylic acids is 1. The summed E-state index contributed by atoms with van der Waals surface area (Å²) in [7, 11) is 0. The molecule has 1 aromatic heterocycles. The van der Waals surface area contributed by atoms with E-state index in [1.807, 2.05) is 13.0 Å². The van der Waals surface area contributed by atoms with Crippen molar-refractivity contribution >= 4 is 17.6 Å². The summed E-state index contributed by atoms with van der Waals surface area (Å²) in [6.45, 7) is 2.10. The minimum atomic E-state index is -1.05. The number of aryl methyl sites for hydroxylation is 1. The van der Waals surface area contributed by atoms with E-state index >= 15 is 0 Å². The van der Waals surface area contributed by atoms with Gasteiger partial charge in [-0.25, -0.2) is 9.78 Å². The largest absolute Gasteiger partial charge is 0.487 e. The van der Waals surface area contributed by atoms with Gasteiger partial charge in [-0.1, -0.05) is 17.7 Å². The molecule has 1 heterocycles. The first-order valence-corrected chi connectivity index (χ1v) is 6.02. The van der Waals surface area contributed by atoms with Crippen molar-refractivity contribution in [3.8, 4) is 5.75 Å². The Balaban J connectivity index is 2.07. The Labute approximate surface area is 115 Å². The van der Waals surface area contributed by atoms with Gasteiger partial charge >= 0.3 is 5.97 Å². The van der Waals surface area contributed by atoms with Crippen molar-refractivity contribution in [2.75, 3.05) is 0 Å². The van der Waals surface area contributed by atoms with Crippen LogP contribution in [0.1, 0.15) is 21.7 Å². The number of aromatic nitrogens is 1. The van der Waals surface area contributed by atoms with E-state index in [9.17, 15) is 4.79 Å². The van der Waals surface area contributed by atoms with Crippen molar-refractivity contribution in [1.29, 1.82) is 0 Å². The lowest BCUT2D eigenvalue weighted by Gasteiger charge is -2.07. The fourth-order valence-corrected chi connectivity index (χ4v) is 1.66. The molecule has 0 aliphatic rings. The van der Waals surface area contributed by atoms with Gasteiger partial charge < -0.3 is 9.84 Å². The normalized spacial score (nSPS) is 10.2. The van der Waals surface area contributed by atoms with Crippen molar-refractivity contribution in [2.24, 2.45) is 0 Å². The van der Waals surface area contributed by atoms with E-state index in [-0.39, 0.29) is 12.3 Å². The third-order valence-corrected chi connectivity index (χ3v) is 2.97. The lowest BCUT2D eigenvalue weighted by molar-refractivity contribution is 0.0690. The smallest absolute Gasteiger partial charge is 0.354 e. The van der Waals surface area contributed by atoms with Crippen LogP contribution in [-0.2, 0) is 6.61 Å². The Morgan fingerprint density at radius 2 is 2.16 bits per heavy atom. The van der Waals surface area contributed by atoms with Gasteiger partial charge in [0.2, 0.25) is 0 Å². The van der Waals surface area contributed by atoms with Crippen LogP contribution in [0.2, 0.25) is 5.02 Å². The molecule has 0 aliphatic carbocycles. The van der Waals surface area contributed by atoms with Crippen LogP contribution in [-0.4, -0.2) is 16.1 Å². The van der Waals surface area contributed by atoms with Gasteiger partial charge in [-0.3, -0.25) is 0 Å². The molecule has 5 heteroatoms. The number of aromatic carboxylic acids is 1. The van der Waals surface area contributed by atoms with Crippen LogP contribution in [0.3, 0.4) is 0 Å². The Morgan fingerprint density at radius 1 is 1.37 bits per heavy atom. The summed E-state index contributed by atoms with van der Waals surface area (Å²) in [5, 5.41) is 9.52. The van der Waals surface area contributed by atoms with Gasteiger partial charge in [0.1, 0.15) is 18.1 Å². The van der Waals surface area contributed by atoms with Crippen LogP contribution in [0.4, 0.5) is 0 Å². The highest BCUT2D eigenvalue weighted by Crippen LogP contribution is 2.21. The number of ether oxygens (including phenoxy) is 1. The molecule has 1 N–H and O–H groups in total. The lowest BCUT2D eigenvalue weighted by Crippen LogP contribution is -2.05. The van der Waals surface area contributed by atoms with E-state index in [1.54, 1.807) is 24.3 Å². The highest BCUT2D eigenvalue weighted by Gasteiger charge is 2.06. The predicted octanol–water partition coefficient (Wildman–Crippen LogP) is 3.32. The molecule has 0 radical (unpaired) electrons. The maximum absolute atomic E-state index is 10.8. The van der Waals surface area contributed by atoms with E-state index < -0.39 is 5.97 Å². The summed E-state index contributed by atoms with van der Waals surface area (Å²) in [6, 6.07) is 10.1. The number of hydrogen-bond acceptors (Lipinski definition) is 3. The average Bonchev–Trinajstić information content (AvgIpc) is 2.40. The maximum atomic E-state index is 10.8. The van der Waals surface area contributed by atoms with E-state index in [0.717, 1.165) is 5.56 Å². The van der Waals surface area contributed by atoms with E-state index in [4.69, 9.17) is 21.4 Å². The van der Waals surface area contributed by atoms with Gasteiger partial charge in [-0.05, 0) is 42.8 Å². The molecule has 2 rings (SSSR count). The first-order valence-electron chi connectivity index (χ1n) is 5.64. The molecule has 0 saturated carbocycles. The molecular weight excluding hydrogens is 266 g/mol. The summed E-state index contributed by atoms with van der Waals surface area (Å²) in [4.78, 5) is 14.8. The second-order valence-corrected chi connectivity index (χ2v) is 4.43. The molecule has 0 atom stereocenters. The monoisotopic (exact) mass is 277 g/mol. The number of halogens is 1. The molecular formula is C14H12ClNO3. The van der Waals surface area contributed by atoms with Crippen molar-refractivity contribution in [2.45, 2.75) is 13.5 Å². The molecule has 19 heavy (non-hydrogen) atoms. The maximum Gasteiger partial charge on any atom is 0.354 e. The van der Waals surface area contributed by atoms with E-state index in [0.29, 0.717) is 16.5 Å². The molecule has 1 aromatic carbocycles. The number of pyridine rings is 1. The van der Waals surface area contributed by atoms with Crippen molar-refractivity contribution in [1.82, 2.24) is 4.98 Å². The minimum absolute atomic E-state index is 0.00777. The summed E-state index contributed by atoms with van der Waals surface area (Å²) < 4.78 is 5.55. The molecule has 0 amide bonds. The van der Waals surface area contributed by atoms with Gasteiger partial charge in [0.15, 0.2) is 0 Å². The Morgan fingerprint density at radius 3 is 2.84 bits per heavy atom. The van der Waals surface area contributed by atoms with Gasteiger partial charge in [0, 0.05) is 5.02 Å². The molecule has 98 valence electrons. The zero-order valence-corrected chi connectivity index (χ0v) is 11.0. The van der Waals surface area contributed by atoms with Crippen LogP contribution in [0.5, 0.6) is 5.75 Å². The second kappa shape index (κ2) is 5.71. The van der Waals surface area contributed by atoms with Crippen LogP contribution in [0.25, 0.3) is 0 Å². The Bertz CT molecular complexity index is 613. The second-order valence-electron chi connectivity index (χ2n) is 4.02. The van der Waals surface area contributed by atoms with Crippen molar-refractivity contribution in [3.63, 3.8) is 0 Å². The number of hydrogen-bond donors (Lipinski definition) is 1. The zero-order chi connectivity index (χ0) is 13.8. The summed E-state index contributed by atoms with van der Waals surface area (Å²) in [5.41, 5.74) is 1.49. The molecule has 0 fully saturated rings. The Hall–Kier alpha value is -2.07. The highest BCUT2D eigenvalue weighted by molar-refractivity contribution is 6.31. The predicted molar refractivity (Wildman–Crippen MR) is 71.7 cm³/mol. The standard InChI is InChI=1S/C14H12ClNO3/c1-9-7-11(5-6-12(9)15)19-8-10-3-2-4-13(16-10)14(17)18/h2-7H,8H2,1H3,(H,17,18). The van der Waals surface area contributed by atoms with Crippen LogP contribution in [0.15, 0.2) is 36.4 Å².